The van der Waals surface area contributed by atoms with E-state index in [0.29, 0.717) is 6.04 Å². The lowest BCUT2D eigenvalue weighted by atomic mass is 10.1. The Bertz CT molecular complexity index is 609. The summed E-state index contributed by atoms with van der Waals surface area (Å²) < 4.78 is 12.9. The van der Waals surface area contributed by atoms with Crippen molar-refractivity contribution in [2.24, 2.45) is 0 Å². The fourth-order valence-corrected chi connectivity index (χ4v) is 4.36. The number of benzene rings is 1. The van der Waals surface area contributed by atoms with E-state index in [9.17, 15) is 4.39 Å². The van der Waals surface area contributed by atoms with Gasteiger partial charge >= 0.3 is 0 Å². The fraction of sp³-hybridized carbons (Fsp3) is 0.500. The van der Waals surface area contributed by atoms with Gasteiger partial charge in [0.25, 0.3) is 0 Å². The summed E-state index contributed by atoms with van der Waals surface area (Å²) in [5.41, 5.74) is 2.46. The Morgan fingerprint density at radius 2 is 2.12 bits per heavy atom. The minimum atomic E-state index is -0.170. The highest BCUT2D eigenvalue weighted by molar-refractivity contribution is 7.99. The lowest BCUT2D eigenvalue weighted by molar-refractivity contribution is 0.412. The van der Waals surface area contributed by atoms with Crippen LogP contribution in [0.15, 0.2) is 48.6 Å². The predicted octanol–water partition coefficient (Wildman–Crippen LogP) is 6.20. The smallest absolute Gasteiger partial charge is 0.123 e. The zero-order chi connectivity index (χ0) is 18.8. The number of aryl methyl sites for hydroxylation is 1. The van der Waals surface area contributed by atoms with Crippen LogP contribution >= 0.6 is 24.0 Å². The van der Waals surface area contributed by atoms with Gasteiger partial charge in [-0.2, -0.15) is 11.8 Å². The summed E-state index contributed by atoms with van der Waals surface area (Å²) in [7, 11) is 0. The van der Waals surface area contributed by atoms with Crippen molar-refractivity contribution in [1.29, 1.82) is 0 Å². The molecule has 1 aliphatic heterocycles. The lowest BCUT2D eigenvalue weighted by Crippen LogP contribution is -2.32. The van der Waals surface area contributed by atoms with Crippen LogP contribution in [0.1, 0.15) is 44.6 Å². The molecular weight excluding hydrogens is 361 g/mol. The van der Waals surface area contributed by atoms with Crippen LogP contribution < -0.4 is 0 Å². The van der Waals surface area contributed by atoms with Crippen LogP contribution in [0.4, 0.5) is 4.39 Å². The summed E-state index contributed by atoms with van der Waals surface area (Å²) in [5.74, 6) is 2.17. The van der Waals surface area contributed by atoms with E-state index >= 15 is 0 Å². The standard InChI is InChI=1S/C22H30FNS2/c1-18(2)6-5-16-26-17-15-24-21(13-14-22(24)25)8-4-3-7-19-9-11-20(23)12-10-19/h4,8-12,21H,1,3,5-7,13-17H2,2H3/b8-4+. The van der Waals surface area contributed by atoms with Crippen molar-refractivity contribution in [1.82, 2.24) is 4.90 Å². The topological polar surface area (TPSA) is 3.24 Å². The van der Waals surface area contributed by atoms with Crippen LogP contribution in [-0.4, -0.2) is 34.0 Å². The zero-order valence-corrected chi connectivity index (χ0v) is 17.4. The maximum atomic E-state index is 12.9. The van der Waals surface area contributed by atoms with Gasteiger partial charge in [0.05, 0.1) is 4.99 Å². The molecule has 0 bridgehead atoms. The van der Waals surface area contributed by atoms with Gasteiger partial charge in [-0.15, -0.1) is 6.58 Å². The molecule has 1 atom stereocenters. The number of allylic oxidation sites excluding steroid dienone is 2. The van der Waals surface area contributed by atoms with Gasteiger partial charge in [-0.25, -0.2) is 4.39 Å². The van der Waals surface area contributed by atoms with Crippen molar-refractivity contribution in [3.05, 3.63) is 60.0 Å². The van der Waals surface area contributed by atoms with Crippen LogP contribution in [0.5, 0.6) is 0 Å². The van der Waals surface area contributed by atoms with Gasteiger partial charge in [0.15, 0.2) is 0 Å². The second-order valence-electron chi connectivity index (χ2n) is 6.96. The largest absolute Gasteiger partial charge is 0.359 e. The number of nitrogens with zero attached hydrogens (tertiary/aromatic N) is 1. The van der Waals surface area contributed by atoms with E-state index in [1.54, 1.807) is 0 Å². The Morgan fingerprint density at radius 1 is 1.35 bits per heavy atom. The molecule has 1 fully saturated rings. The van der Waals surface area contributed by atoms with Gasteiger partial charge in [-0.3, -0.25) is 0 Å². The highest BCUT2D eigenvalue weighted by Crippen LogP contribution is 2.22. The molecule has 1 aromatic carbocycles. The number of hydrogen-bond donors (Lipinski definition) is 0. The van der Waals surface area contributed by atoms with Gasteiger partial charge in [-0.05, 0) is 62.5 Å². The Kier molecular flexibility index (Phi) is 9.41. The van der Waals surface area contributed by atoms with Crippen molar-refractivity contribution >= 4 is 29.0 Å². The molecule has 0 radical (unpaired) electrons. The van der Waals surface area contributed by atoms with Crippen LogP contribution in [0.25, 0.3) is 0 Å². The van der Waals surface area contributed by atoms with Crippen LogP contribution in [0.3, 0.4) is 0 Å². The molecule has 0 saturated carbocycles. The third kappa shape index (κ3) is 7.63. The number of thiocarbonyl (C=S) groups is 1. The monoisotopic (exact) mass is 391 g/mol. The van der Waals surface area contributed by atoms with Crippen LogP contribution in [-0.2, 0) is 6.42 Å². The molecule has 1 aromatic rings. The third-order valence-electron chi connectivity index (χ3n) is 4.61. The summed E-state index contributed by atoms with van der Waals surface area (Å²) in [6.07, 6.45) is 11.0. The first-order valence-electron chi connectivity index (χ1n) is 9.49. The van der Waals surface area contributed by atoms with E-state index in [1.165, 1.54) is 35.4 Å². The molecule has 1 aliphatic rings. The van der Waals surface area contributed by atoms with Crippen LogP contribution in [0.2, 0.25) is 0 Å². The van der Waals surface area contributed by atoms with Crippen molar-refractivity contribution in [2.45, 2.75) is 51.5 Å². The molecule has 1 heterocycles. The number of thioether (sulfide) groups is 1. The predicted molar refractivity (Wildman–Crippen MR) is 118 cm³/mol. The maximum Gasteiger partial charge on any atom is 0.123 e. The van der Waals surface area contributed by atoms with E-state index in [1.807, 2.05) is 23.9 Å². The molecule has 1 saturated heterocycles. The molecule has 2 rings (SSSR count). The highest BCUT2D eigenvalue weighted by atomic mass is 32.2. The van der Waals surface area contributed by atoms with Gasteiger partial charge in [0.1, 0.15) is 5.82 Å². The average Bonchev–Trinajstić information content (AvgIpc) is 2.96. The van der Waals surface area contributed by atoms with E-state index in [2.05, 4.69) is 30.6 Å². The molecular formula is C22H30FNS2. The summed E-state index contributed by atoms with van der Waals surface area (Å²) in [4.78, 5) is 3.51. The quantitative estimate of drug-likeness (QED) is 0.251. The SMILES string of the molecule is C=C(C)CCCSCCN1C(=S)CCC1/C=C/CCc1ccc(F)cc1. The van der Waals surface area contributed by atoms with E-state index < -0.39 is 0 Å². The number of likely N-dealkylation sites (tertiary alicyclic amines) is 1. The molecule has 0 spiro atoms. The van der Waals surface area contributed by atoms with Crippen molar-refractivity contribution in [3.8, 4) is 0 Å². The molecule has 0 N–H and O–H groups in total. The maximum absolute atomic E-state index is 12.9. The van der Waals surface area contributed by atoms with Crippen LogP contribution in [0, 0.1) is 5.82 Å². The van der Waals surface area contributed by atoms with Crippen molar-refractivity contribution in [3.63, 3.8) is 0 Å². The minimum absolute atomic E-state index is 0.170. The molecule has 142 valence electrons. The molecule has 1 nitrogen and oxygen atoms in total. The third-order valence-corrected chi connectivity index (χ3v) is 6.10. The first-order chi connectivity index (χ1) is 12.6. The minimum Gasteiger partial charge on any atom is -0.359 e. The first kappa shape index (κ1) is 21.2. The normalized spacial score (nSPS) is 17.4. The van der Waals surface area contributed by atoms with Crippen molar-refractivity contribution in [2.75, 3.05) is 18.1 Å². The van der Waals surface area contributed by atoms with Gasteiger partial charge < -0.3 is 4.90 Å². The molecule has 1 unspecified atom stereocenters. The average molecular weight is 392 g/mol. The molecule has 0 amide bonds. The van der Waals surface area contributed by atoms with Gasteiger partial charge in [0, 0.05) is 24.8 Å². The Balaban J connectivity index is 1.68. The Hall–Kier alpha value is -1.13. The second kappa shape index (κ2) is 11.6. The van der Waals surface area contributed by atoms with Gasteiger partial charge in [-0.1, -0.05) is 42.1 Å². The summed E-state index contributed by atoms with van der Waals surface area (Å²) in [6.45, 7) is 7.10. The first-order valence-corrected chi connectivity index (χ1v) is 11.1. The lowest BCUT2D eigenvalue weighted by Gasteiger charge is -2.24. The highest BCUT2D eigenvalue weighted by Gasteiger charge is 2.25. The molecule has 4 heteroatoms. The summed E-state index contributed by atoms with van der Waals surface area (Å²) in [6, 6.07) is 7.25. The molecule has 0 aromatic heterocycles. The zero-order valence-electron chi connectivity index (χ0n) is 15.8. The van der Waals surface area contributed by atoms with E-state index in [4.69, 9.17) is 12.2 Å². The van der Waals surface area contributed by atoms with Crippen molar-refractivity contribution < 1.29 is 4.39 Å². The number of rotatable bonds is 11. The summed E-state index contributed by atoms with van der Waals surface area (Å²) in [5, 5.41) is 0. The molecule has 26 heavy (non-hydrogen) atoms. The number of hydrogen-bond acceptors (Lipinski definition) is 2. The van der Waals surface area contributed by atoms with E-state index in [-0.39, 0.29) is 5.82 Å². The fourth-order valence-electron chi connectivity index (χ4n) is 3.14. The molecule has 0 aliphatic carbocycles. The van der Waals surface area contributed by atoms with E-state index in [0.717, 1.165) is 49.4 Å². The van der Waals surface area contributed by atoms with Gasteiger partial charge in [0.2, 0.25) is 0 Å². The summed E-state index contributed by atoms with van der Waals surface area (Å²) >= 11 is 7.57. The Labute approximate surface area is 167 Å². The second-order valence-corrected chi connectivity index (χ2v) is 8.66. The Morgan fingerprint density at radius 3 is 2.85 bits per heavy atom. The number of halogens is 1.